The van der Waals surface area contributed by atoms with E-state index in [4.69, 9.17) is 0 Å². The predicted molar refractivity (Wildman–Crippen MR) is 125 cm³/mol. The number of guanidine groups is 1. The highest BCUT2D eigenvalue weighted by atomic mass is 127. The van der Waals surface area contributed by atoms with Gasteiger partial charge in [0.05, 0.1) is 0 Å². The van der Waals surface area contributed by atoms with Crippen LogP contribution in [0.25, 0.3) is 0 Å². The molecule has 0 aliphatic carbocycles. The zero-order valence-corrected chi connectivity index (χ0v) is 19.3. The lowest BCUT2D eigenvalue weighted by Crippen LogP contribution is -2.37. The second-order valence-electron chi connectivity index (χ2n) is 5.86. The number of rotatable bonds is 11. The summed E-state index contributed by atoms with van der Waals surface area (Å²) in [5.74, 6) is 2.01. The summed E-state index contributed by atoms with van der Waals surface area (Å²) in [7, 11) is 1.78. The standard InChI is InChI=1S/C19H32N4OS.HI/c1-4-5-12-21-18(24)17-10-8-16(9-11-17)15-23-19(20-2)22-13-6-7-14-25-3;/h8-11H,4-7,12-15H2,1-3H3,(H,21,24)(H2,20,22,23);1H. The summed E-state index contributed by atoms with van der Waals surface area (Å²) in [4.78, 5) is 16.2. The van der Waals surface area contributed by atoms with Crippen molar-refractivity contribution >= 4 is 47.6 Å². The van der Waals surface area contributed by atoms with Crippen LogP contribution in [0.4, 0.5) is 0 Å². The van der Waals surface area contributed by atoms with Gasteiger partial charge < -0.3 is 16.0 Å². The summed E-state index contributed by atoms with van der Waals surface area (Å²) >= 11 is 1.88. The Bertz CT molecular complexity index is 523. The molecule has 0 unspecified atom stereocenters. The number of nitrogens with one attached hydrogen (secondary N) is 3. The van der Waals surface area contributed by atoms with E-state index < -0.39 is 0 Å². The molecule has 26 heavy (non-hydrogen) atoms. The number of unbranched alkanes of at least 4 members (excludes halogenated alkanes) is 2. The van der Waals surface area contributed by atoms with Gasteiger partial charge in [-0.2, -0.15) is 11.8 Å². The number of thioether (sulfide) groups is 1. The van der Waals surface area contributed by atoms with Gasteiger partial charge in [-0.05, 0) is 49.0 Å². The molecule has 0 saturated heterocycles. The molecule has 0 spiro atoms. The lowest BCUT2D eigenvalue weighted by atomic mass is 10.1. The molecule has 0 aliphatic heterocycles. The smallest absolute Gasteiger partial charge is 0.251 e. The minimum absolute atomic E-state index is 0. The molecule has 0 fully saturated rings. The normalized spacial score (nSPS) is 10.8. The Morgan fingerprint density at radius 2 is 1.73 bits per heavy atom. The zero-order valence-electron chi connectivity index (χ0n) is 16.1. The Balaban J connectivity index is 0.00000625. The van der Waals surface area contributed by atoms with E-state index in [-0.39, 0.29) is 29.9 Å². The van der Waals surface area contributed by atoms with Crippen LogP contribution in [0, 0.1) is 0 Å². The Hall–Kier alpha value is -0.960. The van der Waals surface area contributed by atoms with Gasteiger partial charge in [-0.1, -0.05) is 25.5 Å². The molecule has 3 N–H and O–H groups in total. The Labute approximate surface area is 179 Å². The van der Waals surface area contributed by atoms with Crippen molar-refractivity contribution in [3.8, 4) is 0 Å². The highest BCUT2D eigenvalue weighted by molar-refractivity contribution is 14.0. The summed E-state index contributed by atoms with van der Waals surface area (Å²) in [6.45, 7) is 4.46. The third kappa shape index (κ3) is 10.9. The van der Waals surface area contributed by atoms with Gasteiger partial charge in [0, 0.05) is 32.2 Å². The largest absolute Gasteiger partial charge is 0.356 e. The lowest BCUT2D eigenvalue weighted by molar-refractivity contribution is 0.0953. The van der Waals surface area contributed by atoms with E-state index in [9.17, 15) is 4.79 Å². The topological polar surface area (TPSA) is 65.5 Å². The van der Waals surface area contributed by atoms with Crippen molar-refractivity contribution < 1.29 is 4.79 Å². The summed E-state index contributed by atoms with van der Waals surface area (Å²) in [6.07, 6.45) is 6.58. The van der Waals surface area contributed by atoms with Crippen molar-refractivity contribution in [2.75, 3.05) is 32.1 Å². The Morgan fingerprint density at radius 3 is 2.35 bits per heavy atom. The molecule has 0 saturated carbocycles. The van der Waals surface area contributed by atoms with Gasteiger partial charge in [-0.25, -0.2) is 0 Å². The van der Waals surface area contributed by atoms with Crippen LogP contribution < -0.4 is 16.0 Å². The van der Waals surface area contributed by atoms with Crippen molar-refractivity contribution in [1.29, 1.82) is 0 Å². The summed E-state index contributed by atoms with van der Waals surface area (Å²) < 4.78 is 0. The molecule has 0 aromatic heterocycles. The Kier molecular flexibility index (Phi) is 15.6. The van der Waals surface area contributed by atoms with E-state index in [1.807, 2.05) is 36.0 Å². The molecule has 0 atom stereocenters. The molecule has 0 bridgehead atoms. The number of carbonyl (C=O) groups excluding carboxylic acids is 1. The summed E-state index contributed by atoms with van der Waals surface area (Å²) in [6, 6.07) is 7.70. The van der Waals surface area contributed by atoms with Crippen LogP contribution in [-0.4, -0.2) is 44.0 Å². The minimum atomic E-state index is -0.00400. The first-order valence-corrected chi connectivity index (χ1v) is 10.4. The molecule has 0 aliphatic rings. The van der Waals surface area contributed by atoms with Gasteiger partial charge in [-0.3, -0.25) is 9.79 Å². The molecule has 5 nitrogen and oxygen atoms in total. The van der Waals surface area contributed by atoms with Crippen molar-refractivity contribution in [2.24, 2.45) is 4.99 Å². The number of benzene rings is 1. The number of nitrogens with zero attached hydrogens (tertiary/aromatic N) is 1. The van der Waals surface area contributed by atoms with Gasteiger partial charge in [-0.15, -0.1) is 24.0 Å². The zero-order chi connectivity index (χ0) is 18.3. The second-order valence-corrected chi connectivity index (χ2v) is 6.84. The molecule has 0 heterocycles. The van der Waals surface area contributed by atoms with Crippen LogP contribution in [0.3, 0.4) is 0 Å². The lowest BCUT2D eigenvalue weighted by Gasteiger charge is -2.12. The summed E-state index contributed by atoms with van der Waals surface area (Å²) in [5.41, 5.74) is 1.83. The van der Waals surface area contributed by atoms with Gasteiger partial charge in [0.1, 0.15) is 0 Å². The molecular weight excluding hydrogens is 459 g/mol. The number of amides is 1. The van der Waals surface area contributed by atoms with Gasteiger partial charge in [0.2, 0.25) is 0 Å². The van der Waals surface area contributed by atoms with Crippen LogP contribution >= 0.6 is 35.7 Å². The van der Waals surface area contributed by atoms with E-state index in [2.05, 4.69) is 34.1 Å². The summed E-state index contributed by atoms with van der Waals surface area (Å²) in [5, 5.41) is 9.55. The van der Waals surface area contributed by atoms with Crippen molar-refractivity contribution in [3.05, 3.63) is 35.4 Å². The fourth-order valence-electron chi connectivity index (χ4n) is 2.24. The maximum atomic E-state index is 12.0. The van der Waals surface area contributed by atoms with Crippen LogP contribution in [0.1, 0.15) is 48.5 Å². The van der Waals surface area contributed by atoms with E-state index in [1.54, 1.807) is 7.05 Å². The van der Waals surface area contributed by atoms with E-state index >= 15 is 0 Å². The van der Waals surface area contributed by atoms with Crippen LogP contribution in [-0.2, 0) is 6.54 Å². The average molecular weight is 492 g/mol. The third-order valence-electron chi connectivity index (χ3n) is 3.78. The van der Waals surface area contributed by atoms with E-state index in [1.165, 1.54) is 12.2 Å². The van der Waals surface area contributed by atoms with Crippen molar-refractivity contribution in [1.82, 2.24) is 16.0 Å². The predicted octanol–water partition coefficient (Wildman–Crippen LogP) is 3.64. The fraction of sp³-hybridized carbons (Fsp3) is 0.579. The number of carbonyl (C=O) groups is 1. The van der Waals surface area contributed by atoms with Crippen LogP contribution in [0.5, 0.6) is 0 Å². The number of hydrogen-bond donors (Lipinski definition) is 3. The quantitative estimate of drug-likeness (QED) is 0.191. The van der Waals surface area contributed by atoms with Gasteiger partial charge in [0.15, 0.2) is 5.96 Å². The van der Waals surface area contributed by atoms with E-state index in [0.29, 0.717) is 12.1 Å². The fourth-order valence-corrected chi connectivity index (χ4v) is 2.73. The maximum absolute atomic E-state index is 12.0. The highest BCUT2D eigenvalue weighted by Crippen LogP contribution is 2.04. The average Bonchev–Trinajstić information content (AvgIpc) is 2.64. The van der Waals surface area contributed by atoms with Crippen molar-refractivity contribution in [3.63, 3.8) is 0 Å². The SMILES string of the molecule is CCCCNC(=O)c1ccc(CNC(=NC)NCCCCSC)cc1.I. The van der Waals surface area contributed by atoms with Crippen LogP contribution in [0.2, 0.25) is 0 Å². The first-order chi connectivity index (χ1) is 12.2. The Morgan fingerprint density at radius 1 is 1.04 bits per heavy atom. The molecule has 1 aromatic rings. The number of hydrogen-bond acceptors (Lipinski definition) is 3. The molecule has 1 amide bonds. The second kappa shape index (κ2) is 16.2. The third-order valence-corrected chi connectivity index (χ3v) is 4.48. The minimum Gasteiger partial charge on any atom is -0.356 e. The molecule has 1 aromatic carbocycles. The molecule has 7 heteroatoms. The first-order valence-electron chi connectivity index (χ1n) is 9.01. The van der Waals surface area contributed by atoms with E-state index in [0.717, 1.165) is 43.9 Å². The highest BCUT2D eigenvalue weighted by Gasteiger charge is 2.04. The molecule has 0 radical (unpaired) electrons. The van der Waals surface area contributed by atoms with Gasteiger partial charge in [0.25, 0.3) is 5.91 Å². The number of halogens is 1. The molecule has 148 valence electrons. The number of aliphatic imine (C=N–C) groups is 1. The van der Waals surface area contributed by atoms with Crippen molar-refractivity contribution in [2.45, 2.75) is 39.2 Å². The van der Waals surface area contributed by atoms with Gasteiger partial charge >= 0.3 is 0 Å². The molecule has 1 rings (SSSR count). The van der Waals surface area contributed by atoms with Crippen LogP contribution in [0.15, 0.2) is 29.3 Å². The maximum Gasteiger partial charge on any atom is 0.251 e. The monoisotopic (exact) mass is 492 g/mol. The first kappa shape index (κ1) is 25.0. The molecular formula is C19H33IN4OS.